The predicted molar refractivity (Wildman–Crippen MR) is 84.5 cm³/mol. The minimum Gasteiger partial charge on any atom is -0.469 e. The lowest BCUT2D eigenvalue weighted by Gasteiger charge is -2.14. The summed E-state index contributed by atoms with van der Waals surface area (Å²) in [5.74, 6) is -1.02. The van der Waals surface area contributed by atoms with Gasteiger partial charge in [0.05, 0.1) is 24.7 Å². The predicted octanol–water partition coefficient (Wildman–Crippen LogP) is 0.535. The zero-order valence-electron chi connectivity index (χ0n) is 13.3. The van der Waals surface area contributed by atoms with Crippen molar-refractivity contribution in [1.29, 1.82) is 0 Å². The maximum atomic E-state index is 12.1. The highest BCUT2D eigenvalue weighted by molar-refractivity contribution is 6.21. The van der Waals surface area contributed by atoms with Crippen molar-refractivity contribution in [3.63, 3.8) is 0 Å². The Kier molecular flexibility index (Phi) is 5.89. The van der Waals surface area contributed by atoms with E-state index in [0.29, 0.717) is 24.1 Å². The van der Waals surface area contributed by atoms with Crippen molar-refractivity contribution >= 4 is 23.8 Å². The standard InChI is InChI=1S/C16H19N3O5/c1-24-13(20)7-9-18-16(23)17-8-4-10-19-14(21)11-5-2-3-6-12(11)15(19)22/h2-3,5-6H,4,7-10H2,1H3,(H2,17,18,23). The largest absolute Gasteiger partial charge is 0.469 e. The Morgan fingerprint density at radius 2 is 1.62 bits per heavy atom. The molecule has 128 valence electrons. The maximum Gasteiger partial charge on any atom is 0.314 e. The highest BCUT2D eigenvalue weighted by Gasteiger charge is 2.34. The molecule has 0 aliphatic carbocycles. The number of carbonyl (C=O) groups is 4. The van der Waals surface area contributed by atoms with Crippen LogP contribution < -0.4 is 10.6 Å². The summed E-state index contributed by atoms with van der Waals surface area (Å²) in [5.41, 5.74) is 0.826. The van der Waals surface area contributed by atoms with Crippen molar-refractivity contribution in [3.8, 4) is 0 Å². The van der Waals surface area contributed by atoms with Gasteiger partial charge in [0.1, 0.15) is 0 Å². The second-order valence-electron chi connectivity index (χ2n) is 5.17. The Labute approximate surface area is 139 Å². The Hall–Kier alpha value is -2.90. The van der Waals surface area contributed by atoms with Crippen LogP contribution in [0.5, 0.6) is 0 Å². The van der Waals surface area contributed by atoms with Gasteiger partial charge >= 0.3 is 12.0 Å². The third-order valence-corrected chi connectivity index (χ3v) is 3.56. The smallest absolute Gasteiger partial charge is 0.314 e. The van der Waals surface area contributed by atoms with Crippen molar-refractivity contribution in [3.05, 3.63) is 35.4 Å². The zero-order chi connectivity index (χ0) is 17.5. The van der Waals surface area contributed by atoms with Crippen molar-refractivity contribution in [2.45, 2.75) is 12.8 Å². The molecule has 4 amide bonds. The zero-order valence-corrected chi connectivity index (χ0v) is 13.3. The summed E-state index contributed by atoms with van der Waals surface area (Å²) in [6, 6.07) is 6.27. The number of urea groups is 1. The molecule has 1 heterocycles. The number of methoxy groups -OCH3 is 1. The normalized spacial score (nSPS) is 12.8. The van der Waals surface area contributed by atoms with Gasteiger partial charge in [-0.3, -0.25) is 19.3 Å². The number of rotatable bonds is 7. The van der Waals surface area contributed by atoms with Gasteiger partial charge in [0, 0.05) is 19.6 Å². The number of nitrogens with zero attached hydrogens (tertiary/aromatic N) is 1. The second kappa shape index (κ2) is 8.09. The molecule has 1 aliphatic rings. The van der Waals surface area contributed by atoms with E-state index in [1.807, 2.05) is 0 Å². The number of esters is 1. The first-order valence-electron chi connectivity index (χ1n) is 7.58. The Balaban J connectivity index is 1.68. The molecule has 0 fully saturated rings. The molecule has 0 spiro atoms. The number of benzene rings is 1. The van der Waals surface area contributed by atoms with Gasteiger partial charge in [-0.25, -0.2) is 4.79 Å². The molecule has 8 nitrogen and oxygen atoms in total. The van der Waals surface area contributed by atoms with E-state index in [-0.39, 0.29) is 31.3 Å². The number of hydrogen-bond acceptors (Lipinski definition) is 5. The Bertz CT molecular complexity index is 624. The Morgan fingerprint density at radius 1 is 1.04 bits per heavy atom. The average molecular weight is 333 g/mol. The van der Waals surface area contributed by atoms with Gasteiger partial charge in [0.2, 0.25) is 0 Å². The second-order valence-corrected chi connectivity index (χ2v) is 5.17. The molecule has 0 aromatic heterocycles. The van der Waals surface area contributed by atoms with Gasteiger partial charge in [0.15, 0.2) is 0 Å². The summed E-state index contributed by atoms with van der Waals surface area (Å²) in [7, 11) is 1.28. The van der Waals surface area contributed by atoms with Crippen LogP contribution in [0.2, 0.25) is 0 Å². The van der Waals surface area contributed by atoms with E-state index in [0.717, 1.165) is 0 Å². The summed E-state index contributed by atoms with van der Waals surface area (Å²) in [6.07, 6.45) is 0.537. The number of carbonyl (C=O) groups excluding carboxylic acids is 4. The van der Waals surface area contributed by atoms with Gasteiger partial charge in [0.25, 0.3) is 11.8 Å². The van der Waals surface area contributed by atoms with Crippen LogP contribution in [-0.2, 0) is 9.53 Å². The molecule has 8 heteroatoms. The van der Waals surface area contributed by atoms with Crippen LogP contribution in [-0.4, -0.2) is 55.5 Å². The fourth-order valence-corrected chi connectivity index (χ4v) is 2.32. The van der Waals surface area contributed by atoms with Crippen LogP contribution in [0.15, 0.2) is 24.3 Å². The van der Waals surface area contributed by atoms with Gasteiger partial charge in [-0.2, -0.15) is 0 Å². The van der Waals surface area contributed by atoms with Crippen LogP contribution in [0.25, 0.3) is 0 Å². The molecule has 1 aromatic rings. The summed E-state index contributed by atoms with van der Waals surface area (Å²) in [6.45, 7) is 0.711. The van der Waals surface area contributed by atoms with Crippen LogP contribution in [0, 0.1) is 0 Å². The number of ether oxygens (including phenoxy) is 1. The van der Waals surface area contributed by atoms with Gasteiger partial charge in [-0.1, -0.05) is 12.1 Å². The number of imide groups is 1. The first-order chi connectivity index (χ1) is 11.5. The lowest BCUT2D eigenvalue weighted by atomic mass is 10.1. The summed E-state index contributed by atoms with van der Waals surface area (Å²) >= 11 is 0. The SMILES string of the molecule is COC(=O)CCNC(=O)NCCCN1C(=O)c2ccccc2C1=O. The van der Waals surface area contributed by atoms with Crippen LogP contribution >= 0.6 is 0 Å². The van der Waals surface area contributed by atoms with E-state index in [1.54, 1.807) is 24.3 Å². The molecule has 24 heavy (non-hydrogen) atoms. The van der Waals surface area contributed by atoms with Gasteiger partial charge in [-0.15, -0.1) is 0 Å². The highest BCUT2D eigenvalue weighted by atomic mass is 16.5. The Morgan fingerprint density at radius 3 is 2.21 bits per heavy atom. The van der Waals surface area contributed by atoms with Gasteiger partial charge in [-0.05, 0) is 18.6 Å². The minimum atomic E-state index is -0.415. The fraction of sp³-hybridized carbons (Fsp3) is 0.375. The molecule has 2 rings (SSSR count). The van der Waals surface area contributed by atoms with E-state index in [9.17, 15) is 19.2 Å². The van der Waals surface area contributed by atoms with E-state index in [2.05, 4.69) is 15.4 Å². The van der Waals surface area contributed by atoms with Crippen LogP contribution in [0.3, 0.4) is 0 Å². The van der Waals surface area contributed by atoms with Crippen LogP contribution in [0.1, 0.15) is 33.6 Å². The number of fused-ring (bicyclic) bond motifs is 1. The average Bonchev–Trinajstić information content (AvgIpc) is 2.83. The number of amides is 4. The third-order valence-electron chi connectivity index (χ3n) is 3.56. The lowest BCUT2D eigenvalue weighted by molar-refractivity contribution is -0.140. The van der Waals surface area contributed by atoms with E-state index < -0.39 is 12.0 Å². The molecule has 0 saturated carbocycles. The molecular weight excluding hydrogens is 314 g/mol. The fourth-order valence-electron chi connectivity index (χ4n) is 2.32. The van der Waals surface area contributed by atoms with Crippen LogP contribution in [0.4, 0.5) is 4.79 Å². The first kappa shape index (κ1) is 17.5. The molecule has 1 aromatic carbocycles. The molecule has 0 atom stereocenters. The third kappa shape index (κ3) is 4.09. The van der Waals surface area contributed by atoms with Gasteiger partial charge < -0.3 is 15.4 Å². The summed E-state index contributed by atoms with van der Waals surface area (Å²) in [4.78, 5) is 47.8. The molecule has 1 aliphatic heterocycles. The van der Waals surface area contributed by atoms with Crippen molar-refractivity contribution in [1.82, 2.24) is 15.5 Å². The van der Waals surface area contributed by atoms with E-state index in [1.165, 1.54) is 12.0 Å². The summed E-state index contributed by atoms with van der Waals surface area (Å²) in [5, 5.41) is 5.11. The highest BCUT2D eigenvalue weighted by Crippen LogP contribution is 2.22. The lowest BCUT2D eigenvalue weighted by Crippen LogP contribution is -2.39. The summed E-state index contributed by atoms with van der Waals surface area (Å²) < 4.78 is 4.45. The van der Waals surface area contributed by atoms with Crippen molar-refractivity contribution in [2.75, 3.05) is 26.7 Å². The molecule has 2 N–H and O–H groups in total. The number of hydrogen-bond donors (Lipinski definition) is 2. The molecule has 0 saturated heterocycles. The maximum absolute atomic E-state index is 12.1. The monoisotopic (exact) mass is 333 g/mol. The molecular formula is C16H19N3O5. The van der Waals surface area contributed by atoms with E-state index in [4.69, 9.17) is 0 Å². The quantitative estimate of drug-likeness (QED) is 0.430. The topological polar surface area (TPSA) is 105 Å². The molecule has 0 radical (unpaired) electrons. The first-order valence-corrected chi connectivity index (χ1v) is 7.58. The number of nitrogens with one attached hydrogen (secondary N) is 2. The van der Waals surface area contributed by atoms with E-state index >= 15 is 0 Å². The minimum absolute atomic E-state index is 0.0962. The van der Waals surface area contributed by atoms with Crippen molar-refractivity contribution < 1.29 is 23.9 Å². The molecule has 0 unspecified atom stereocenters. The molecule has 0 bridgehead atoms. The van der Waals surface area contributed by atoms with Crippen molar-refractivity contribution in [2.24, 2.45) is 0 Å².